The Kier molecular flexibility index (Phi) is 3.68. The minimum absolute atomic E-state index is 0.0403. The first-order valence-corrected chi connectivity index (χ1v) is 11.0. The number of carbonyl (C=O) groups is 1. The molecule has 2 aromatic carbocycles. The summed E-state index contributed by atoms with van der Waals surface area (Å²) in [6.45, 7) is -21.8. The average Bonchev–Trinajstić information content (AvgIpc) is 3.03. The maximum absolute atomic E-state index is 12.4. The highest BCUT2D eigenvalue weighted by Gasteiger charge is 2.17. The van der Waals surface area contributed by atoms with Crippen molar-refractivity contribution in [3.63, 3.8) is 0 Å². The van der Waals surface area contributed by atoms with E-state index in [-0.39, 0.29) is 17.0 Å². The summed E-state index contributed by atoms with van der Waals surface area (Å²) in [6.07, 6.45) is -12.7. The highest BCUT2D eigenvalue weighted by molar-refractivity contribution is 7.89. The van der Waals surface area contributed by atoms with Crippen molar-refractivity contribution in [2.45, 2.75) is 32.5 Å². The van der Waals surface area contributed by atoms with Gasteiger partial charge < -0.3 is 9.64 Å². The largest absolute Gasteiger partial charge is 0.372 e. The zero-order valence-corrected chi connectivity index (χ0v) is 18.6. The molecule has 1 heterocycles. The zero-order chi connectivity index (χ0) is 42.6. The van der Waals surface area contributed by atoms with Crippen LogP contribution < -0.4 is 9.62 Å². The second-order valence-corrected chi connectivity index (χ2v) is 7.66. The first kappa shape index (κ1) is 10.4. The van der Waals surface area contributed by atoms with Gasteiger partial charge in [-0.15, -0.1) is 0 Å². The van der Waals surface area contributed by atoms with Gasteiger partial charge in [-0.3, -0.25) is 14.5 Å². The number of nitrogens with zero attached hydrogens (tertiary/aromatic N) is 3. The van der Waals surface area contributed by atoms with E-state index in [1.807, 2.05) is 0 Å². The van der Waals surface area contributed by atoms with Gasteiger partial charge in [-0.25, -0.2) is 13.4 Å². The second kappa shape index (κ2) is 12.4. The molecule has 0 fully saturated rings. The smallest absolute Gasteiger partial charge is 0.259 e. The summed E-state index contributed by atoms with van der Waals surface area (Å²) in [4.78, 5) is 20.4. The molecule has 0 aliphatic heterocycles. The summed E-state index contributed by atoms with van der Waals surface area (Å²) in [5.74, 6) is -3.72. The van der Waals surface area contributed by atoms with Gasteiger partial charge >= 0.3 is 0 Å². The Bertz CT molecular complexity index is 1960. The Morgan fingerprint density at radius 3 is 2.37 bits per heavy atom. The monoisotopic (exact) mass is 516 g/mol. The van der Waals surface area contributed by atoms with Crippen LogP contribution in [0.4, 0.5) is 5.82 Å². The number of rotatable bonds is 12. The molecule has 0 bridgehead atoms. The fourth-order valence-corrected chi connectivity index (χ4v) is 2.96. The summed E-state index contributed by atoms with van der Waals surface area (Å²) in [5, 5.41) is 0. The first-order valence-electron chi connectivity index (χ1n) is 19.6. The van der Waals surface area contributed by atoms with Crippen molar-refractivity contribution in [2.24, 2.45) is 0 Å². The van der Waals surface area contributed by atoms with Crippen LogP contribution in [0.25, 0.3) is 22.5 Å². The topological polar surface area (TPSA) is 101 Å². The number of amides is 1. The van der Waals surface area contributed by atoms with E-state index >= 15 is 0 Å². The predicted molar refractivity (Wildman–Crippen MR) is 138 cm³/mol. The molecule has 1 N–H and O–H groups in total. The number of carbonyl (C=O) groups excluding carboxylic acids is 1. The molecule has 186 valence electrons. The van der Waals surface area contributed by atoms with Crippen LogP contribution in [-0.4, -0.2) is 56.1 Å². The van der Waals surface area contributed by atoms with Crippen LogP contribution in [0.2, 0.25) is 0 Å². The molecule has 1 aromatic heterocycles. The minimum Gasteiger partial charge on any atom is -0.372 e. The number of benzene rings is 2. The number of ether oxygens (including phenoxy) is 1. The van der Waals surface area contributed by atoms with E-state index in [1.165, 1.54) is 24.3 Å². The van der Waals surface area contributed by atoms with Crippen molar-refractivity contribution in [1.82, 2.24) is 14.7 Å². The van der Waals surface area contributed by atoms with Gasteiger partial charge in [0.05, 0.1) is 30.6 Å². The number of anilines is 1. The quantitative estimate of drug-likeness (QED) is 0.390. The predicted octanol–water partition coefficient (Wildman–Crippen LogP) is 3.90. The standard InChI is InChI=1S/C26H32N4O4S/c1-20(2)30(16-10-11-17-34-19-24(31)29-35(3,32)33)23-18-27-25(21-12-6-4-7-13-21)26(28-23)22-14-8-5-9-15-22/h4-9,12-15,18,20H,10-11,16-17,19H2,1-3H3,(H,29,31)/i1D3,2D3,3D3,10D2,11D2,16D2,17D2,19D2,20D. The molecule has 0 aliphatic carbocycles. The van der Waals surface area contributed by atoms with E-state index in [2.05, 4.69) is 14.7 Å². The Hall–Kier alpha value is -3.30. The van der Waals surface area contributed by atoms with Gasteiger partial charge in [-0.05, 0) is 26.4 Å². The molecule has 0 radical (unpaired) electrons. The van der Waals surface area contributed by atoms with Crippen molar-refractivity contribution in [3.05, 3.63) is 66.9 Å². The van der Waals surface area contributed by atoms with Crippen LogP contribution in [0.15, 0.2) is 66.9 Å². The normalized spacial score (nSPS) is 23.3. The third-order valence-corrected chi connectivity index (χ3v) is 4.46. The maximum atomic E-state index is 12.4. The van der Waals surface area contributed by atoms with Gasteiger partial charge in [0.2, 0.25) is 10.0 Å². The van der Waals surface area contributed by atoms with Crippen LogP contribution in [0.1, 0.15) is 53.9 Å². The van der Waals surface area contributed by atoms with Gasteiger partial charge in [-0.2, -0.15) is 0 Å². The summed E-state index contributed by atoms with van der Waals surface area (Å²) < 4.78 is 191. The molecule has 35 heavy (non-hydrogen) atoms. The minimum atomic E-state index is -5.67. The molecule has 3 aromatic rings. The first-order chi connectivity index (χ1) is 24.5. The van der Waals surface area contributed by atoms with Crippen LogP contribution in [0.5, 0.6) is 0 Å². The molecule has 0 aliphatic rings. The third-order valence-electron chi connectivity index (χ3n) is 4.01. The van der Waals surface area contributed by atoms with Crippen molar-refractivity contribution in [3.8, 4) is 22.5 Å². The van der Waals surface area contributed by atoms with Crippen LogP contribution in [0.3, 0.4) is 0 Å². The van der Waals surface area contributed by atoms with Gasteiger partial charge in [0.25, 0.3) is 5.91 Å². The Labute approximate surface area is 235 Å². The number of aromatic nitrogens is 2. The number of nitrogens with one attached hydrogen (secondary N) is 1. The average molecular weight is 517 g/mol. The highest BCUT2D eigenvalue weighted by Crippen LogP contribution is 2.30. The third kappa shape index (κ3) is 8.15. The number of hydrogen-bond donors (Lipinski definition) is 1. The molecule has 0 atom stereocenters. The van der Waals surface area contributed by atoms with Gasteiger partial charge in [0, 0.05) is 50.8 Å². The lowest BCUT2D eigenvalue weighted by molar-refractivity contribution is -0.123. The van der Waals surface area contributed by atoms with Gasteiger partial charge in [0.1, 0.15) is 12.4 Å². The summed E-state index contributed by atoms with van der Waals surface area (Å²) >= 11 is 0. The summed E-state index contributed by atoms with van der Waals surface area (Å²) in [5.41, 5.74) is 0.426. The molecule has 1 amide bonds. The van der Waals surface area contributed by atoms with Crippen molar-refractivity contribution < 1.29 is 45.4 Å². The maximum Gasteiger partial charge on any atom is 0.259 e. The van der Waals surface area contributed by atoms with Crippen molar-refractivity contribution in [2.75, 3.05) is 30.7 Å². The molecule has 9 heteroatoms. The fraction of sp³-hybridized carbons (Fsp3) is 0.346. The Balaban J connectivity index is 2.35. The van der Waals surface area contributed by atoms with E-state index in [0.717, 1.165) is 4.72 Å². The molecule has 8 nitrogen and oxygen atoms in total. The lowest BCUT2D eigenvalue weighted by Gasteiger charge is -2.28. The SMILES string of the molecule is [2H]C([2H])(OC([2H])([2H])C([2H])([2H])C([2H])([2H])C([2H])([2H])N(c1cnc(-c2ccccc2)c(-c2ccccc2)n1)C([2H])(C([2H])([2H])[2H])C([2H])([2H])[2H])C(=O)NS(=O)(=O)C([2H])([2H])[2H]. The molecular weight excluding hydrogens is 464 g/mol. The van der Waals surface area contributed by atoms with Crippen LogP contribution >= 0.6 is 0 Å². The van der Waals surface area contributed by atoms with E-state index in [1.54, 1.807) is 36.4 Å². The molecule has 3 rings (SSSR count). The zero-order valence-electron chi connectivity index (χ0n) is 37.7. The molecule has 0 spiro atoms. The molecular formula is C26H32N4O4S. The fourth-order valence-electron chi connectivity index (χ4n) is 2.67. The summed E-state index contributed by atoms with van der Waals surface area (Å²) in [7, 11) is -5.67. The Morgan fingerprint density at radius 1 is 1.09 bits per heavy atom. The highest BCUT2D eigenvalue weighted by atomic mass is 32.2. The van der Waals surface area contributed by atoms with Crippen LogP contribution in [-0.2, 0) is 19.6 Å². The lowest BCUT2D eigenvalue weighted by atomic mass is 10.0. The van der Waals surface area contributed by atoms with Gasteiger partial charge in [-0.1, -0.05) is 60.7 Å². The van der Waals surface area contributed by atoms with E-state index in [0.29, 0.717) is 11.8 Å². The van der Waals surface area contributed by atoms with Crippen molar-refractivity contribution >= 4 is 21.7 Å². The van der Waals surface area contributed by atoms with E-state index < -0.39 is 84.9 Å². The number of sulfonamides is 1. The van der Waals surface area contributed by atoms with E-state index in [4.69, 9.17) is 27.4 Å². The second-order valence-electron chi connectivity index (χ2n) is 6.44. The molecule has 0 unspecified atom stereocenters. The van der Waals surface area contributed by atoms with Crippen LogP contribution in [0, 0.1) is 0 Å². The number of hydrogen-bond acceptors (Lipinski definition) is 7. The summed E-state index contributed by atoms with van der Waals surface area (Å²) in [6, 6.07) is 11.3. The lowest BCUT2D eigenvalue weighted by Crippen LogP contribution is -2.33. The van der Waals surface area contributed by atoms with E-state index in [9.17, 15) is 13.2 Å². The molecule has 0 saturated heterocycles. The van der Waals surface area contributed by atoms with Crippen molar-refractivity contribution in [1.29, 1.82) is 0 Å². The van der Waals surface area contributed by atoms with Gasteiger partial charge in [0.15, 0.2) is 0 Å². The molecule has 0 saturated carbocycles. The Morgan fingerprint density at radius 2 is 1.74 bits per heavy atom.